The van der Waals surface area contributed by atoms with Gasteiger partial charge in [-0.15, -0.1) is 13.2 Å². The van der Waals surface area contributed by atoms with Gasteiger partial charge in [0.2, 0.25) is 5.91 Å². The number of carbonyl (C=O) groups excluding carboxylic acids is 1. The zero-order valence-electron chi connectivity index (χ0n) is 13.9. The monoisotopic (exact) mass is 344 g/mol. The minimum Gasteiger partial charge on any atom is -0.405 e. The molecule has 1 aromatic rings. The minimum atomic E-state index is -4.71. The summed E-state index contributed by atoms with van der Waals surface area (Å²) in [7, 11) is 0. The van der Waals surface area contributed by atoms with E-state index in [0.29, 0.717) is 44.1 Å². The van der Waals surface area contributed by atoms with Crippen molar-refractivity contribution in [3.63, 3.8) is 0 Å². The lowest BCUT2D eigenvalue weighted by Gasteiger charge is -2.19. The van der Waals surface area contributed by atoms with E-state index in [1.54, 1.807) is 12.1 Å². The number of likely N-dealkylation sites (tertiary alicyclic amines) is 1. The lowest BCUT2D eigenvalue weighted by molar-refractivity contribution is -0.275. The number of nitrogens with zero attached hydrogens (tertiary/aromatic N) is 1. The number of alkyl halides is 3. The van der Waals surface area contributed by atoms with E-state index in [9.17, 15) is 18.0 Å². The van der Waals surface area contributed by atoms with Gasteiger partial charge in [0.1, 0.15) is 5.75 Å². The predicted molar refractivity (Wildman–Crippen MR) is 84.4 cm³/mol. The summed E-state index contributed by atoms with van der Waals surface area (Å²) in [5, 5.41) is 2.91. The topological polar surface area (TPSA) is 41.6 Å². The molecule has 2 rings (SSSR count). The largest absolute Gasteiger partial charge is 0.573 e. The Kier molecular flexibility index (Phi) is 6.10. The fraction of sp³-hybridized carbons (Fsp3) is 0.588. The Labute approximate surface area is 140 Å². The van der Waals surface area contributed by atoms with Crippen LogP contribution in [0.2, 0.25) is 0 Å². The van der Waals surface area contributed by atoms with Crippen LogP contribution < -0.4 is 10.1 Å². The maximum absolute atomic E-state index is 12.5. The molecule has 1 heterocycles. The first-order chi connectivity index (χ1) is 11.2. The van der Waals surface area contributed by atoms with Crippen LogP contribution in [0.1, 0.15) is 25.8 Å². The number of nitrogens with one attached hydrogen (secondary N) is 1. The quantitative estimate of drug-likeness (QED) is 0.862. The van der Waals surface area contributed by atoms with E-state index in [1.807, 2.05) is 18.7 Å². The van der Waals surface area contributed by atoms with Crippen LogP contribution in [0.4, 0.5) is 13.2 Å². The summed E-state index contributed by atoms with van der Waals surface area (Å²) in [6.07, 6.45) is -3.99. The van der Waals surface area contributed by atoms with Crippen molar-refractivity contribution in [2.45, 2.75) is 33.2 Å². The molecule has 1 unspecified atom stereocenters. The number of ether oxygens (including phenoxy) is 1. The van der Waals surface area contributed by atoms with Crippen molar-refractivity contribution in [3.8, 4) is 5.75 Å². The Morgan fingerprint density at radius 2 is 2.08 bits per heavy atom. The molecule has 1 N–H and O–H groups in total. The molecule has 0 radical (unpaired) electrons. The number of rotatable bonds is 6. The first-order valence-electron chi connectivity index (χ1n) is 8.08. The molecule has 7 heteroatoms. The summed E-state index contributed by atoms with van der Waals surface area (Å²) in [6.45, 7) is 6.25. The van der Waals surface area contributed by atoms with Crippen LogP contribution >= 0.6 is 0 Å². The highest BCUT2D eigenvalue weighted by atomic mass is 19.4. The summed E-state index contributed by atoms with van der Waals surface area (Å²) < 4.78 is 41.5. The van der Waals surface area contributed by atoms with Crippen LogP contribution in [0, 0.1) is 11.8 Å². The van der Waals surface area contributed by atoms with E-state index in [4.69, 9.17) is 0 Å². The summed E-state index contributed by atoms with van der Waals surface area (Å²) in [4.78, 5) is 14.1. The molecule has 1 fully saturated rings. The molecule has 1 atom stereocenters. The fourth-order valence-corrected chi connectivity index (χ4v) is 2.74. The Bertz CT molecular complexity index is 561. The first kappa shape index (κ1) is 18.6. The molecule has 4 nitrogen and oxygen atoms in total. The third kappa shape index (κ3) is 5.70. The van der Waals surface area contributed by atoms with Gasteiger partial charge in [-0.25, -0.2) is 0 Å². The fourth-order valence-electron chi connectivity index (χ4n) is 2.74. The normalized spacial score (nSPS) is 18.8. The lowest BCUT2D eigenvalue weighted by atomic mass is 10.1. The van der Waals surface area contributed by atoms with Gasteiger partial charge in [-0.2, -0.15) is 0 Å². The highest BCUT2D eigenvalue weighted by Gasteiger charge is 2.33. The maximum atomic E-state index is 12.5. The number of carbonyl (C=O) groups is 1. The smallest absolute Gasteiger partial charge is 0.405 e. The Morgan fingerprint density at radius 3 is 2.75 bits per heavy atom. The number of amides is 1. The van der Waals surface area contributed by atoms with Crippen molar-refractivity contribution in [1.82, 2.24) is 10.2 Å². The predicted octanol–water partition coefficient (Wildman–Crippen LogP) is 3.18. The molecule has 1 saturated heterocycles. The molecular formula is C17H23F3N2O2. The number of hydrogen-bond donors (Lipinski definition) is 1. The highest BCUT2D eigenvalue weighted by Crippen LogP contribution is 2.28. The van der Waals surface area contributed by atoms with Gasteiger partial charge in [-0.1, -0.05) is 32.0 Å². The molecule has 1 aliphatic heterocycles. The molecule has 0 aliphatic carbocycles. The van der Waals surface area contributed by atoms with Gasteiger partial charge >= 0.3 is 6.36 Å². The molecule has 1 aliphatic rings. The molecule has 134 valence electrons. The van der Waals surface area contributed by atoms with Gasteiger partial charge in [0.05, 0.1) is 5.92 Å². The van der Waals surface area contributed by atoms with E-state index in [0.717, 1.165) is 0 Å². The van der Waals surface area contributed by atoms with Crippen molar-refractivity contribution >= 4 is 5.91 Å². The summed E-state index contributed by atoms with van der Waals surface area (Å²) in [5.41, 5.74) is 0.470. The van der Waals surface area contributed by atoms with Crippen molar-refractivity contribution in [2.75, 3.05) is 19.6 Å². The van der Waals surface area contributed by atoms with Gasteiger partial charge in [-0.05, 0) is 24.9 Å². The van der Waals surface area contributed by atoms with Crippen LogP contribution in [0.15, 0.2) is 24.3 Å². The molecular weight excluding hydrogens is 321 g/mol. The molecule has 1 aromatic carbocycles. The van der Waals surface area contributed by atoms with Crippen LogP contribution in [0.5, 0.6) is 5.75 Å². The third-order valence-corrected chi connectivity index (χ3v) is 3.92. The van der Waals surface area contributed by atoms with Crippen molar-refractivity contribution in [2.24, 2.45) is 11.8 Å². The molecule has 1 amide bonds. The van der Waals surface area contributed by atoms with Gasteiger partial charge < -0.3 is 10.1 Å². The summed E-state index contributed by atoms with van der Waals surface area (Å²) in [5.74, 6) is 0.112. The summed E-state index contributed by atoms with van der Waals surface area (Å²) in [6, 6.07) is 6.12. The van der Waals surface area contributed by atoms with E-state index in [2.05, 4.69) is 10.1 Å². The van der Waals surface area contributed by atoms with Gasteiger partial charge in [0, 0.05) is 25.2 Å². The Balaban J connectivity index is 1.93. The van der Waals surface area contributed by atoms with Crippen LogP contribution in [0.3, 0.4) is 0 Å². The van der Waals surface area contributed by atoms with Crippen LogP contribution in [0.25, 0.3) is 0 Å². The molecule has 0 aromatic heterocycles. The Morgan fingerprint density at radius 1 is 1.38 bits per heavy atom. The van der Waals surface area contributed by atoms with Gasteiger partial charge in [0.15, 0.2) is 0 Å². The maximum Gasteiger partial charge on any atom is 0.573 e. The van der Waals surface area contributed by atoms with E-state index >= 15 is 0 Å². The highest BCUT2D eigenvalue weighted by molar-refractivity contribution is 5.79. The van der Waals surface area contributed by atoms with E-state index in [1.165, 1.54) is 12.1 Å². The first-order valence-corrected chi connectivity index (χ1v) is 8.08. The minimum absolute atomic E-state index is 0.0195. The second kappa shape index (κ2) is 7.88. The number of para-hydroxylation sites is 1. The number of benzene rings is 1. The number of halogens is 3. The summed E-state index contributed by atoms with van der Waals surface area (Å²) >= 11 is 0. The van der Waals surface area contributed by atoms with Crippen molar-refractivity contribution in [3.05, 3.63) is 29.8 Å². The SMILES string of the molecule is CC(C)CNC(=O)C1CCN(Cc2ccccc2OC(F)(F)F)C1. The zero-order valence-corrected chi connectivity index (χ0v) is 13.9. The zero-order chi connectivity index (χ0) is 17.7. The molecule has 0 spiro atoms. The van der Waals surface area contributed by atoms with Crippen LogP contribution in [-0.2, 0) is 11.3 Å². The Hall–Kier alpha value is -1.76. The lowest BCUT2D eigenvalue weighted by Crippen LogP contribution is -2.34. The average molecular weight is 344 g/mol. The van der Waals surface area contributed by atoms with Crippen molar-refractivity contribution < 1.29 is 22.7 Å². The molecule has 24 heavy (non-hydrogen) atoms. The van der Waals surface area contributed by atoms with Gasteiger partial charge in [-0.3, -0.25) is 9.69 Å². The van der Waals surface area contributed by atoms with E-state index < -0.39 is 6.36 Å². The molecule has 0 saturated carbocycles. The average Bonchev–Trinajstić information content (AvgIpc) is 2.94. The second-order valence-electron chi connectivity index (χ2n) is 6.52. The van der Waals surface area contributed by atoms with E-state index in [-0.39, 0.29) is 17.6 Å². The second-order valence-corrected chi connectivity index (χ2v) is 6.52. The number of hydrogen-bond acceptors (Lipinski definition) is 3. The van der Waals surface area contributed by atoms with Crippen LogP contribution in [-0.4, -0.2) is 36.8 Å². The standard InChI is InChI=1S/C17H23F3N2O2/c1-12(2)9-21-16(23)14-7-8-22(11-14)10-13-5-3-4-6-15(13)24-17(18,19)20/h3-6,12,14H,7-11H2,1-2H3,(H,21,23). The van der Waals surface area contributed by atoms with Crippen molar-refractivity contribution in [1.29, 1.82) is 0 Å². The van der Waals surface area contributed by atoms with Gasteiger partial charge in [0.25, 0.3) is 0 Å². The third-order valence-electron chi connectivity index (χ3n) is 3.92. The molecule has 0 bridgehead atoms.